The van der Waals surface area contributed by atoms with Crippen LogP contribution in [0.4, 0.5) is 0 Å². The first-order valence-corrected chi connectivity index (χ1v) is 9.85. The number of aliphatic hydroxyl groups excluding tert-OH is 1. The van der Waals surface area contributed by atoms with E-state index < -0.39 is 5.92 Å². The van der Waals surface area contributed by atoms with Gasteiger partial charge in [-0.2, -0.15) is 0 Å². The normalized spacial score (nSPS) is 12.0. The third kappa shape index (κ3) is 5.76. The van der Waals surface area contributed by atoms with Gasteiger partial charge in [0.15, 0.2) is 0 Å². The van der Waals surface area contributed by atoms with Gasteiger partial charge in [0, 0.05) is 6.54 Å². The van der Waals surface area contributed by atoms with E-state index in [0.717, 1.165) is 22.3 Å². The average molecular weight is 389 g/mol. The lowest BCUT2D eigenvalue weighted by Gasteiger charge is -2.22. The van der Waals surface area contributed by atoms with Crippen molar-refractivity contribution in [2.75, 3.05) is 19.8 Å². The van der Waals surface area contributed by atoms with Crippen LogP contribution in [0, 0.1) is 6.92 Å². The number of aryl methyl sites for hydroxylation is 1. The molecule has 1 atom stereocenters. The first-order chi connectivity index (χ1) is 14.2. The molecule has 3 aromatic rings. The molecule has 0 saturated heterocycles. The predicted molar refractivity (Wildman–Crippen MR) is 115 cm³/mol. The molecule has 0 aliphatic rings. The molecular weight excluding hydrogens is 362 g/mol. The zero-order valence-corrected chi connectivity index (χ0v) is 16.6. The summed E-state index contributed by atoms with van der Waals surface area (Å²) in [4.78, 5) is 13.2. The van der Waals surface area contributed by atoms with E-state index in [0.29, 0.717) is 6.54 Å². The van der Waals surface area contributed by atoms with Crippen molar-refractivity contribution in [2.45, 2.75) is 18.9 Å². The Morgan fingerprint density at radius 3 is 1.93 bits per heavy atom. The number of amides is 1. The van der Waals surface area contributed by atoms with E-state index in [1.807, 2.05) is 91.9 Å². The molecule has 4 heteroatoms. The minimum Gasteiger partial charge on any atom is -0.394 e. The van der Waals surface area contributed by atoms with Gasteiger partial charge in [0.1, 0.15) is 0 Å². The van der Waals surface area contributed by atoms with Crippen molar-refractivity contribution in [3.8, 4) is 0 Å². The summed E-state index contributed by atoms with van der Waals surface area (Å²) in [6.07, 6.45) is -0.320. The summed E-state index contributed by atoms with van der Waals surface area (Å²) in [5.41, 5.74) is 4.02. The van der Waals surface area contributed by atoms with Gasteiger partial charge in [0.2, 0.25) is 5.91 Å². The Morgan fingerprint density at radius 2 is 1.41 bits per heavy atom. The van der Waals surface area contributed by atoms with Crippen LogP contribution in [0.3, 0.4) is 0 Å². The van der Waals surface area contributed by atoms with Crippen LogP contribution in [-0.4, -0.2) is 30.8 Å². The number of rotatable bonds is 9. The number of aliphatic hydroxyl groups is 1. The molecule has 3 aromatic carbocycles. The number of benzene rings is 3. The summed E-state index contributed by atoms with van der Waals surface area (Å²) in [7, 11) is 0. The van der Waals surface area contributed by atoms with Crippen LogP contribution < -0.4 is 5.32 Å². The van der Waals surface area contributed by atoms with Crippen molar-refractivity contribution in [3.63, 3.8) is 0 Å². The van der Waals surface area contributed by atoms with E-state index in [2.05, 4.69) is 5.32 Å². The second-order valence-corrected chi connectivity index (χ2v) is 6.99. The highest BCUT2D eigenvalue weighted by molar-refractivity contribution is 5.87. The molecule has 0 heterocycles. The van der Waals surface area contributed by atoms with Gasteiger partial charge in [-0.15, -0.1) is 0 Å². The van der Waals surface area contributed by atoms with E-state index in [1.54, 1.807) is 0 Å². The lowest BCUT2D eigenvalue weighted by Crippen LogP contribution is -2.34. The molecule has 1 amide bonds. The molecule has 0 radical (unpaired) electrons. The van der Waals surface area contributed by atoms with Crippen molar-refractivity contribution in [2.24, 2.45) is 0 Å². The van der Waals surface area contributed by atoms with Crippen LogP contribution in [0.2, 0.25) is 0 Å². The van der Waals surface area contributed by atoms with Gasteiger partial charge in [-0.05, 0) is 23.6 Å². The number of carbonyl (C=O) groups is 1. The first-order valence-electron chi connectivity index (χ1n) is 9.85. The van der Waals surface area contributed by atoms with Crippen molar-refractivity contribution in [3.05, 3.63) is 107 Å². The second kappa shape index (κ2) is 10.6. The smallest absolute Gasteiger partial charge is 0.232 e. The van der Waals surface area contributed by atoms with Crippen LogP contribution in [0.5, 0.6) is 0 Å². The van der Waals surface area contributed by atoms with Gasteiger partial charge in [-0.25, -0.2) is 0 Å². The van der Waals surface area contributed by atoms with Gasteiger partial charge >= 0.3 is 0 Å². The average Bonchev–Trinajstić information content (AvgIpc) is 2.76. The molecule has 0 bridgehead atoms. The summed E-state index contributed by atoms with van der Waals surface area (Å²) in [5, 5.41) is 12.2. The molecule has 0 aliphatic heterocycles. The van der Waals surface area contributed by atoms with Gasteiger partial charge in [0.25, 0.3) is 0 Å². The summed E-state index contributed by atoms with van der Waals surface area (Å²) >= 11 is 0. The van der Waals surface area contributed by atoms with Crippen molar-refractivity contribution < 1.29 is 14.6 Å². The molecule has 0 aromatic heterocycles. The summed E-state index contributed by atoms with van der Waals surface area (Å²) in [6.45, 7) is 2.51. The molecule has 29 heavy (non-hydrogen) atoms. The van der Waals surface area contributed by atoms with Crippen LogP contribution in [0.1, 0.15) is 34.3 Å². The van der Waals surface area contributed by atoms with E-state index >= 15 is 0 Å². The van der Waals surface area contributed by atoms with Crippen molar-refractivity contribution in [1.82, 2.24) is 5.32 Å². The molecule has 0 spiro atoms. The highest BCUT2D eigenvalue weighted by atomic mass is 16.5. The van der Waals surface area contributed by atoms with Crippen molar-refractivity contribution in [1.29, 1.82) is 0 Å². The minimum atomic E-state index is -0.395. The van der Waals surface area contributed by atoms with Crippen LogP contribution in [0.15, 0.2) is 84.9 Å². The lowest BCUT2D eigenvalue weighted by atomic mass is 9.90. The second-order valence-electron chi connectivity index (χ2n) is 6.99. The standard InChI is InChI=1S/C25H27NO3/c1-19-12-14-20(15-13-19)23(29-17-16-27)18-26-25(28)24(21-8-4-2-5-9-21)22-10-6-3-7-11-22/h2-15,23-24,27H,16-18H2,1H3,(H,26,28). The van der Waals surface area contributed by atoms with E-state index in [9.17, 15) is 4.79 Å². The topological polar surface area (TPSA) is 58.6 Å². The Kier molecular flexibility index (Phi) is 7.56. The third-order valence-corrected chi connectivity index (χ3v) is 4.85. The maximum atomic E-state index is 13.2. The Labute approximate surface area is 172 Å². The first kappa shape index (κ1) is 20.8. The Bertz CT molecular complexity index is 839. The summed E-state index contributed by atoms with van der Waals surface area (Å²) in [5.74, 6) is -0.471. The molecular formula is C25H27NO3. The SMILES string of the molecule is Cc1ccc(C(CNC(=O)C(c2ccccc2)c2ccccc2)OCCO)cc1. The summed E-state index contributed by atoms with van der Waals surface area (Å²) in [6, 6.07) is 27.6. The molecule has 1 unspecified atom stereocenters. The number of hydrogen-bond acceptors (Lipinski definition) is 3. The molecule has 4 nitrogen and oxygen atoms in total. The Balaban J connectivity index is 1.78. The molecule has 0 saturated carbocycles. The maximum Gasteiger partial charge on any atom is 0.232 e. The monoisotopic (exact) mass is 389 g/mol. The molecule has 2 N–H and O–H groups in total. The van der Waals surface area contributed by atoms with Crippen LogP contribution in [-0.2, 0) is 9.53 Å². The van der Waals surface area contributed by atoms with Crippen molar-refractivity contribution >= 4 is 5.91 Å². The maximum absolute atomic E-state index is 13.2. The molecule has 0 fully saturated rings. The fourth-order valence-electron chi connectivity index (χ4n) is 3.33. The predicted octanol–water partition coefficient (Wildman–Crippen LogP) is 3.99. The number of ether oxygens (including phenoxy) is 1. The molecule has 3 rings (SSSR count). The summed E-state index contributed by atoms with van der Waals surface area (Å²) < 4.78 is 5.79. The Hall–Kier alpha value is -2.95. The van der Waals surface area contributed by atoms with E-state index in [4.69, 9.17) is 9.84 Å². The van der Waals surface area contributed by atoms with Crippen LogP contribution >= 0.6 is 0 Å². The number of hydrogen-bond donors (Lipinski definition) is 2. The fourth-order valence-corrected chi connectivity index (χ4v) is 3.33. The van der Waals surface area contributed by atoms with Gasteiger partial charge in [-0.1, -0.05) is 90.5 Å². The van der Waals surface area contributed by atoms with E-state index in [-0.39, 0.29) is 25.2 Å². The fraction of sp³-hybridized carbons (Fsp3) is 0.240. The number of carbonyl (C=O) groups excluding carboxylic acids is 1. The minimum absolute atomic E-state index is 0.0625. The third-order valence-electron chi connectivity index (χ3n) is 4.85. The van der Waals surface area contributed by atoms with Gasteiger partial charge in [-0.3, -0.25) is 4.79 Å². The quantitative estimate of drug-likeness (QED) is 0.582. The largest absolute Gasteiger partial charge is 0.394 e. The zero-order valence-electron chi connectivity index (χ0n) is 16.6. The van der Waals surface area contributed by atoms with Crippen LogP contribution in [0.25, 0.3) is 0 Å². The number of nitrogens with one attached hydrogen (secondary N) is 1. The van der Waals surface area contributed by atoms with Gasteiger partial charge in [0.05, 0.1) is 25.2 Å². The lowest BCUT2D eigenvalue weighted by molar-refractivity contribution is -0.122. The molecule has 0 aliphatic carbocycles. The highest BCUT2D eigenvalue weighted by Crippen LogP contribution is 2.25. The van der Waals surface area contributed by atoms with E-state index in [1.165, 1.54) is 0 Å². The van der Waals surface area contributed by atoms with Gasteiger partial charge < -0.3 is 15.2 Å². The Morgan fingerprint density at radius 1 is 0.862 bits per heavy atom. The molecule has 150 valence electrons. The highest BCUT2D eigenvalue weighted by Gasteiger charge is 2.23. The zero-order chi connectivity index (χ0) is 20.5.